The molecule has 3 heterocycles. The minimum Gasteiger partial charge on any atom is -0.483 e. The summed E-state index contributed by atoms with van der Waals surface area (Å²) < 4.78 is 9.17. The summed E-state index contributed by atoms with van der Waals surface area (Å²) >= 11 is 0. The van der Waals surface area contributed by atoms with Gasteiger partial charge in [-0.2, -0.15) is 5.10 Å². The summed E-state index contributed by atoms with van der Waals surface area (Å²) in [6.07, 6.45) is 6.86. The average molecular weight is 289 g/mol. The van der Waals surface area contributed by atoms with E-state index in [9.17, 15) is 0 Å². The van der Waals surface area contributed by atoms with E-state index in [1.807, 2.05) is 29.9 Å². The Bertz CT molecular complexity index is 686. The molecular formula is C13H15N5O3. The molecule has 1 atom stereocenters. The maximum atomic E-state index is 8.36. The molecule has 0 bridgehead atoms. The van der Waals surface area contributed by atoms with Crippen LogP contribution in [0, 0.1) is 0 Å². The lowest BCUT2D eigenvalue weighted by molar-refractivity contribution is -0.122. The van der Waals surface area contributed by atoms with Crippen LogP contribution in [-0.4, -0.2) is 35.9 Å². The quantitative estimate of drug-likeness (QED) is 0.735. The van der Waals surface area contributed by atoms with Gasteiger partial charge >= 0.3 is 0 Å². The van der Waals surface area contributed by atoms with Crippen molar-refractivity contribution in [3.63, 3.8) is 0 Å². The molecular weight excluding hydrogens is 274 g/mol. The number of aryl methyl sites for hydroxylation is 1. The van der Waals surface area contributed by atoms with Gasteiger partial charge in [0.25, 0.3) is 6.47 Å². The Balaban J connectivity index is 0.000000497. The molecule has 1 unspecified atom stereocenters. The molecule has 0 saturated carbocycles. The maximum absolute atomic E-state index is 8.36. The molecule has 0 radical (unpaired) electrons. The van der Waals surface area contributed by atoms with E-state index in [0.717, 1.165) is 17.4 Å². The third-order valence-electron chi connectivity index (χ3n) is 2.95. The summed E-state index contributed by atoms with van der Waals surface area (Å²) in [7, 11) is 1.88. The van der Waals surface area contributed by atoms with E-state index < -0.39 is 0 Å². The standard InChI is InChI=1S/C12H13N5O.CH2O2/c1-9(11-14-8-15-16(11)2)17-6-5-13-12(17)10-4-3-7-18-10;2-1-3/h3-9H,1-2H3;1H,(H,2,3). The molecule has 0 aliphatic rings. The first kappa shape index (κ1) is 14.5. The highest BCUT2D eigenvalue weighted by Crippen LogP contribution is 2.24. The number of nitrogens with zero attached hydrogens (tertiary/aromatic N) is 5. The Morgan fingerprint density at radius 2 is 2.19 bits per heavy atom. The fraction of sp³-hybridized carbons (Fsp3) is 0.231. The van der Waals surface area contributed by atoms with Crippen molar-refractivity contribution in [2.45, 2.75) is 13.0 Å². The minimum absolute atomic E-state index is 0.0418. The first-order valence-electron chi connectivity index (χ1n) is 6.17. The molecule has 110 valence electrons. The van der Waals surface area contributed by atoms with Crippen LogP contribution in [0.3, 0.4) is 0 Å². The van der Waals surface area contributed by atoms with Crippen LogP contribution in [0.1, 0.15) is 18.8 Å². The molecule has 8 heteroatoms. The fourth-order valence-corrected chi connectivity index (χ4v) is 2.03. The van der Waals surface area contributed by atoms with E-state index in [-0.39, 0.29) is 12.5 Å². The van der Waals surface area contributed by atoms with E-state index >= 15 is 0 Å². The average Bonchev–Trinajstić information content (AvgIpc) is 3.20. The van der Waals surface area contributed by atoms with Crippen LogP contribution in [0.4, 0.5) is 0 Å². The van der Waals surface area contributed by atoms with Crippen LogP contribution >= 0.6 is 0 Å². The molecule has 0 fully saturated rings. The summed E-state index contributed by atoms with van der Waals surface area (Å²) in [6.45, 7) is 1.80. The molecule has 0 aromatic carbocycles. The summed E-state index contributed by atoms with van der Waals surface area (Å²) in [5.41, 5.74) is 0. The van der Waals surface area contributed by atoms with Crippen LogP contribution < -0.4 is 0 Å². The van der Waals surface area contributed by atoms with Gasteiger partial charge in [-0.1, -0.05) is 0 Å². The van der Waals surface area contributed by atoms with Gasteiger partial charge in [0.1, 0.15) is 12.2 Å². The van der Waals surface area contributed by atoms with Crippen LogP contribution in [-0.2, 0) is 11.8 Å². The minimum atomic E-state index is -0.250. The first-order valence-corrected chi connectivity index (χ1v) is 6.17. The Morgan fingerprint density at radius 1 is 1.43 bits per heavy atom. The number of rotatable bonds is 3. The Morgan fingerprint density at radius 3 is 2.76 bits per heavy atom. The molecule has 0 aliphatic heterocycles. The van der Waals surface area contributed by atoms with E-state index in [0.29, 0.717) is 0 Å². The van der Waals surface area contributed by atoms with Crippen molar-refractivity contribution < 1.29 is 14.3 Å². The monoisotopic (exact) mass is 289 g/mol. The van der Waals surface area contributed by atoms with E-state index in [1.165, 1.54) is 0 Å². The van der Waals surface area contributed by atoms with Crippen molar-refractivity contribution in [2.75, 3.05) is 0 Å². The van der Waals surface area contributed by atoms with Gasteiger partial charge < -0.3 is 14.1 Å². The number of carboxylic acid groups (broad SMARTS) is 1. The smallest absolute Gasteiger partial charge is 0.290 e. The molecule has 0 amide bonds. The molecule has 8 nitrogen and oxygen atoms in total. The fourth-order valence-electron chi connectivity index (χ4n) is 2.03. The zero-order chi connectivity index (χ0) is 15.2. The van der Waals surface area contributed by atoms with Gasteiger partial charge in [0.2, 0.25) is 0 Å². The van der Waals surface area contributed by atoms with E-state index in [2.05, 4.69) is 22.0 Å². The first-order chi connectivity index (χ1) is 10.2. The largest absolute Gasteiger partial charge is 0.483 e. The second-order valence-corrected chi connectivity index (χ2v) is 4.16. The topological polar surface area (TPSA) is 99.0 Å². The van der Waals surface area contributed by atoms with E-state index in [4.69, 9.17) is 14.3 Å². The maximum Gasteiger partial charge on any atom is 0.290 e. The highest BCUT2D eigenvalue weighted by atomic mass is 16.3. The molecule has 3 aromatic rings. The third kappa shape index (κ3) is 2.99. The second kappa shape index (κ2) is 6.51. The summed E-state index contributed by atoms with van der Waals surface area (Å²) in [5.74, 6) is 2.41. The van der Waals surface area contributed by atoms with Crippen LogP contribution in [0.25, 0.3) is 11.6 Å². The van der Waals surface area contributed by atoms with Gasteiger partial charge in [-0.15, -0.1) is 0 Å². The Kier molecular flexibility index (Phi) is 4.50. The van der Waals surface area contributed by atoms with Gasteiger partial charge in [-0.3, -0.25) is 9.48 Å². The lowest BCUT2D eigenvalue weighted by Gasteiger charge is -2.14. The molecule has 3 aromatic heterocycles. The normalized spacial score (nSPS) is 11.5. The lowest BCUT2D eigenvalue weighted by Crippen LogP contribution is -2.13. The van der Waals surface area contributed by atoms with Gasteiger partial charge in [-0.05, 0) is 19.1 Å². The van der Waals surface area contributed by atoms with Crippen LogP contribution in [0.2, 0.25) is 0 Å². The van der Waals surface area contributed by atoms with Crippen molar-refractivity contribution in [1.82, 2.24) is 24.3 Å². The number of aromatic nitrogens is 5. The SMILES string of the molecule is CC(c1ncnn1C)n1ccnc1-c1ccco1.O=CO. The number of hydrogen-bond acceptors (Lipinski definition) is 5. The second-order valence-electron chi connectivity index (χ2n) is 4.16. The van der Waals surface area contributed by atoms with Gasteiger partial charge in [0, 0.05) is 19.4 Å². The van der Waals surface area contributed by atoms with Crippen molar-refractivity contribution >= 4 is 6.47 Å². The van der Waals surface area contributed by atoms with Crippen molar-refractivity contribution in [3.8, 4) is 11.6 Å². The predicted molar refractivity (Wildman–Crippen MR) is 73.4 cm³/mol. The van der Waals surface area contributed by atoms with Gasteiger partial charge in [0.15, 0.2) is 11.6 Å². The number of carbonyl (C=O) groups is 1. The van der Waals surface area contributed by atoms with Crippen LogP contribution in [0.15, 0.2) is 41.5 Å². The summed E-state index contributed by atoms with van der Waals surface area (Å²) in [5, 5.41) is 11.0. The summed E-state index contributed by atoms with van der Waals surface area (Å²) in [6, 6.07) is 3.78. The highest BCUT2D eigenvalue weighted by molar-refractivity contribution is 5.47. The zero-order valence-corrected chi connectivity index (χ0v) is 11.6. The van der Waals surface area contributed by atoms with Gasteiger partial charge in [-0.25, -0.2) is 9.97 Å². The molecule has 0 spiro atoms. The van der Waals surface area contributed by atoms with Crippen molar-refractivity contribution in [2.24, 2.45) is 7.05 Å². The molecule has 0 saturated heterocycles. The van der Waals surface area contributed by atoms with Crippen molar-refractivity contribution in [1.29, 1.82) is 0 Å². The highest BCUT2D eigenvalue weighted by Gasteiger charge is 2.18. The molecule has 21 heavy (non-hydrogen) atoms. The molecule has 1 N–H and O–H groups in total. The lowest BCUT2D eigenvalue weighted by atomic mass is 10.3. The van der Waals surface area contributed by atoms with Crippen molar-refractivity contribution in [3.05, 3.63) is 42.9 Å². The van der Waals surface area contributed by atoms with Crippen LogP contribution in [0.5, 0.6) is 0 Å². The number of imidazole rings is 1. The number of hydrogen-bond donors (Lipinski definition) is 1. The predicted octanol–water partition coefficient (Wildman–Crippen LogP) is 1.58. The Hall–Kier alpha value is -2.90. The zero-order valence-electron chi connectivity index (χ0n) is 11.6. The number of furan rings is 1. The third-order valence-corrected chi connectivity index (χ3v) is 2.95. The van der Waals surface area contributed by atoms with E-state index in [1.54, 1.807) is 23.5 Å². The molecule has 0 aliphatic carbocycles. The Labute approximate surface area is 120 Å². The molecule has 3 rings (SSSR count). The summed E-state index contributed by atoms with van der Waals surface area (Å²) in [4.78, 5) is 17.0. The van der Waals surface area contributed by atoms with Gasteiger partial charge in [0.05, 0.1) is 12.3 Å².